The summed E-state index contributed by atoms with van der Waals surface area (Å²) in [5, 5.41) is 0. The summed E-state index contributed by atoms with van der Waals surface area (Å²) in [4.78, 5) is 0. The van der Waals surface area contributed by atoms with Gasteiger partial charge in [-0.2, -0.15) is 0 Å². The molecule has 0 spiro atoms. The molecule has 0 heterocycles. The van der Waals surface area contributed by atoms with E-state index in [1.165, 1.54) is 17.2 Å². The molecule has 0 saturated heterocycles. The second kappa shape index (κ2) is 18.0. The zero-order valence-corrected chi connectivity index (χ0v) is 19.2. The average molecular weight is 379 g/mol. The Balaban J connectivity index is 0. The van der Waals surface area contributed by atoms with Gasteiger partial charge in [0.25, 0.3) is 0 Å². The lowest BCUT2D eigenvalue weighted by molar-refractivity contribution is 0.148. The molecule has 0 fully saturated rings. The number of halogens is 1. The summed E-state index contributed by atoms with van der Waals surface area (Å²) in [5.41, 5.74) is 3.58. The number of allylic oxidation sites excluding steroid dienone is 9. The van der Waals surface area contributed by atoms with Crippen molar-refractivity contribution in [3.8, 4) is 0 Å². The largest absolute Gasteiger partial charge is 0.377 e. The molecular formula is C25H43FO. The number of ether oxygens (including phenoxy) is 1. The van der Waals surface area contributed by atoms with Crippen LogP contribution in [-0.2, 0) is 4.74 Å². The molecule has 0 N–H and O–H groups in total. The van der Waals surface area contributed by atoms with Crippen LogP contribution in [0.1, 0.15) is 75.2 Å². The van der Waals surface area contributed by atoms with Crippen molar-refractivity contribution in [2.75, 3.05) is 13.2 Å². The highest BCUT2D eigenvalue weighted by Crippen LogP contribution is 2.19. The lowest BCUT2D eigenvalue weighted by atomic mass is 9.95. The van der Waals surface area contributed by atoms with Crippen LogP contribution in [0.25, 0.3) is 0 Å². The molecule has 2 atom stereocenters. The van der Waals surface area contributed by atoms with Crippen molar-refractivity contribution in [1.82, 2.24) is 0 Å². The van der Waals surface area contributed by atoms with Crippen molar-refractivity contribution in [2.45, 2.75) is 75.2 Å². The van der Waals surface area contributed by atoms with Crippen molar-refractivity contribution in [3.05, 3.63) is 59.0 Å². The normalized spacial score (nSPS) is 15.3. The van der Waals surface area contributed by atoms with E-state index in [9.17, 15) is 4.39 Å². The van der Waals surface area contributed by atoms with Gasteiger partial charge in [-0.25, -0.2) is 4.39 Å². The molecule has 0 aliphatic rings. The lowest BCUT2D eigenvalue weighted by Gasteiger charge is -2.14. The van der Waals surface area contributed by atoms with Crippen LogP contribution in [0, 0.1) is 11.8 Å². The van der Waals surface area contributed by atoms with E-state index in [0.717, 1.165) is 25.0 Å². The summed E-state index contributed by atoms with van der Waals surface area (Å²) in [7, 11) is 0. The van der Waals surface area contributed by atoms with Gasteiger partial charge in [-0.05, 0) is 57.6 Å². The Hall–Kier alpha value is -1.41. The molecule has 156 valence electrons. The van der Waals surface area contributed by atoms with Gasteiger partial charge in [-0.3, -0.25) is 0 Å². The Morgan fingerprint density at radius 1 is 1.00 bits per heavy atom. The zero-order valence-electron chi connectivity index (χ0n) is 19.2. The molecule has 0 aliphatic carbocycles. The van der Waals surface area contributed by atoms with Crippen LogP contribution in [0.3, 0.4) is 0 Å². The predicted molar refractivity (Wildman–Crippen MR) is 121 cm³/mol. The molecule has 2 unspecified atom stereocenters. The quantitative estimate of drug-likeness (QED) is 0.199. The minimum absolute atomic E-state index is 0.144. The van der Waals surface area contributed by atoms with Gasteiger partial charge in [0, 0.05) is 6.61 Å². The van der Waals surface area contributed by atoms with Crippen LogP contribution < -0.4 is 0 Å². The summed E-state index contributed by atoms with van der Waals surface area (Å²) in [6.45, 7) is 19.7. The van der Waals surface area contributed by atoms with Crippen LogP contribution >= 0.6 is 0 Å². The van der Waals surface area contributed by atoms with E-state index in [1.807, 2.05) is 13.8 Å². The van der Waals surface area contributed by atoms with Gasteiger partial charge in [-0.15, -0.1) is 0 Å². The standard InChI is InChI=1S/C23H37FO.C2H6/c1-8-10-15-25-17-22(16-23(24)9-2)21(7)14-13-20(6)19(5)12-11-18(3)4;1-2/h9,11-14,16,20-21H,8,10,15,17H2,1-7H3;1-2H3/b14-13-,19-12+,22-16+,23-9+;. The Bertz CT molecular complexity index is 516. The SMILES string of the molecule is C/C=C(F)\C=C(/COCCCC)C(C)/C=C\C(C)/C(C)=C/C=C(C)C.CC. The third kappa shape index (κ3) is 15.4. The maximum atomic E-state index is 13.7. The summed E-state index contributed by atoms with van der Waals surface area (Å²) in [5.74, 6) is 0.292. The molecule has 0 radical (unpaired) electrons. The molecule has 0 aromatic heterocycles. The zero-order chi connectivity index (χ0) is 21.2. The molecule has 0 aromatic rings. The van der Waals surface area contributed by atoms with Gasteiger partial charge in [0.2, 0.25) is 0 Å². The van der Waals surface area contributed by atoms with Crippen molar-refractivity contribution < 1.29 is 9.13 Å². The Morgan fingerprint density at radius 2 is 1.59 bits per heavy atom. The Kier molecular flexibility index (Phi) is 18.5. The van der Waals surface area contributed by atoms with Crippen molar-refractivity contribution >= 4 is 0 Å². The highest BCUT2D eigenvalue weighted by Gasteiger charge is 2.08. The molecule has 27 heavy (non-hydrogen) atoms. The molecule has 1 nitrogen and oxygen atoms in total. The summed E-state index contributed by atoms with van der Waals surface area (Å²) in [6.07, 6.45) is 13.9. The van der Waals surface area contributed by atoms with Crippen molar-refractivity contribution in [2.24, 2.45) is 11.8 Å². The van der Waals surface area contributed by atoms with E-state index in [2.05, 4.69) is 65.8 Å². The topological polar surface area (TPSA) is 9.23 Å². The molecule has 0 rings (SSSR count). The van der Waals surface area contributed by atoms with E-state index in [4.69, 9.17) is 4.74 Å². The van der Waals surface area contributed by atoms with Gasteiger partial charge in [0.1, 0.15) is 5.83 Å². The van der Waals surface area contributed by atoms with Gasteiger partial charge in [-0.1, -0.05) is 82.6 Å². The first-order chi connectivity index (χ1) is 12.8. The molecule has 0 aliphatic heterocycles. The minimum Gasteiger partial charge on any atom is -0.377 e. The second-order valence-electron chi connectivity index (χ2n) is 6.92. The molecule has 0 saturated carbocycles. The Labute approximate surface area is 168 Å². The number of rotatable bonds is 11. The van der Waals surface area contributed by atoms with E-state index in [1.54, 1.807) is 13.0 Å². The van der Waals surface area contributed by atoms with Crippen LogP contribution in [0.5, 0.6) is 0 Å². The fraction of sp³-hybridized carbons (Fsp3) is 0.600. The molecule has 2 heteroatoms. The van der Waals surface area contributed by atoms with Crippen LogP contribution in [0.15, 0.2) is 59.0 Å². The highest BCUT2D eigenvalue weighted by molar-refractivity contribution is 5.24. The monoisotopic (exact) mass is 378 g/mol. The molecule has 0 aromatic carbocycles. The van der Waals surface area contributed by atoms with Gasteiger partial charge >= 0.3 is 0 Å². The predicted octanol–water partition coefficient (Wildman–Crippen LogP) is 8.37. The fourth-order valence-corrected chi connectivity index (χ4v) is 2.06. The van der Waals surface area contributed by atoms with E-state index in [0.29, 0.717) is 12.5 Å². The van der Waals surface area contributed by atoms with E-state index >= 15 is 0 Å². The smallest absolute Gasteiger partial charge is 0.119 e. The second-order valence-corrected chi connectivity index (χ2v) is 6.92. The average Bonchev–Trinajstić information content (AvgIpc) is 2.67. The number of unbranched alkanes of at least 4 members (excludes halogenated alkanes) is 1. The van der Waals surface area contributed by atoms with Gasteiger partial charge in [0.15, 0.2) is 0 Å². The van der Waals surface area contributed by atoms with Gasteiger partial charge in [0.05, 0.1) is 6.61 Å². The molecule has 0 amide bonds. The first-order valence-corrected chi connectivity index (χ1v) is 10.4. The summed E-state index contributed by atoms with van der Waals surface area (Å²) < 4.78 is 19.4. The molecular weight excluding hydrogens is 335 g/mol. The lowest BCUT2D eigenvalue weighted by Crippen LogP contribution is -2.07. The van der Waals surface area contributed by atoms with Crippen molar-refractivity contribution in [1.29, 1.82) is 0 Å². The maximum absolute atomic E-state index is 13.7. The van der Waals surface area contributed by atoms with Crippen LogP contribution in [0.2, 0.25) is 0 Å². The highest BCUT2D eigenvalue weighted by atomic mass is 19.1. The summed E-state index contributed by atoms with van der Waals surface area (Å²) >= 11 is 0. The number of hydrogen-bond acceptors (Lipinski definition) is 1. The van der Waals surface area contributed by atoms with Crippen LogP contribution in [0.4, 0.5) is 4.39 Å². The first kappa shape index (κ1) is 27.8. The van der Waals surface area contributed by atoms with Crippen molar-refractivity contribution in [3.63, 3.8) is 0 Å². The van der Waals surface area contributed by atoms with Gasteiger partial charge < -0.3 is 4.74 Å². The minimum atomic E-state index is -0.206. The van der Waals surface area contributed by atoms with Crippen LogP contribution in [-0.4, -0.2) is 13.2 Å². The summed E-state index contributed by atoms with van der Waals surface area (Å²) in [6, 6.07) is 0. The molecule has 0 bridgehead atoms. The fourth-order valence-electron chi connectivity index (χ4n) is 2.06. The third-order valence-electron chi connectivity index (χ3n) is 4.18. The van der Waals surface area contributed by atoms with E-state index < -0.39 is 0 Å². The first-order valence-electron chi connectivity index (χ1n) is 10.4. The maximum Gasteiger partial charge on any atom is 0.119 e. The number of hydrogen-bond donors (Lipinski definition) is 0. The Morgan fingerprint density at radius 3 is 2.11 bits per heavy atom. The van der Waals surface area contributed by atoms with E-state index in [-0.39, 0.29) is 11.7 Å². The third-order valence-corrected chi connectivity index (χ3v) is 4.18.